The van der Waals surface area contributed by atoms with E-state index in [4.69, 9.17) is 4.42 Å². The summed E-state index contributed by atoms with van der Waals surface area (Å²) in [5.41, 5.74) is 2.54. The number of nitrogens with zero attached hydrogens (tertiary/aromatic N) is 3. The fourth-order valence-electron chi connectivity index (χ4n) is 3.52. The number of piperidine rings is 1. The zero-order chi connectivity index (χ0) is 20.1. The van der Waals surface area contributed by atoms with Gasteiger partial charge in [-0.05, 0) is 30.5 Å². The highest BCUT2D eigenvalue weighted by Gasteiger charge is 2.25. The predicted molar refractivity (Wildman–Crippen MR) is 107 cm³/mol. The van der Waals surface area contributed by atoms with Gasteiger partial charge in [0.2, 0.25) is 0 Å². The van der Waals surface area contributed by atoms with Crippen LogP contribution < -0.4 is 10.6 Å². The van der Waals surface area contributed by atoms with Crippen LogP contribution in [-0.4, -0.2) is 45.5 Å². The van der Waals surface area contributed by atoms with E-state index in [0.29, 0.717) is 25.2 Å². The number of benzene rings is 1. The van der Waals surface area contributed by atoms with Gasteiger partial charge < -0.3 is 24.5 Å². The van der Waals surface area contributed by atoms with Gasteiger partial charge in [-0.3, -0.25) is 4.79 Å². The molecule has 4 rings (SSSR count). The van der Waals surface area contributed by atoms with Crippen molar-refractivity contribution in [1.82, 2.24) is 25.1 Å². The minimum absolute atomic E-state index is 0.0299. The summed E-state index contributed by atoms with van der Waals surface area (Å²) in [7, 11) is 0. The molecule has 0 aliphatic carbocycles. The Hall–Kier alpha value is -3.55. The van der Waals surface area contributed by atoms with Crippen molar-refractivity contribution < 1.29 is 14.0 Å². The number of hydrogen-bond acceptors (Lipinski definition) is 4. The van der Waals surface area contributed by atoms with E-state index in [-0.39, 0.29) is 18.0 Å². The van der Waals surface area contributed by atoms with Crippen LogP contribution in [0.25, 0.3) is 5.69 Å². The monoisotopic (exact) mass is 393 g/mol. The number of rotatable bonds is 5. The second-order valence-electron chi connectivity index (χ2n) is 7.00. The van der Waals surface area contributed by atoms with Crippen molar-refractivity contribution in [3.05, 3.63) is 72.7 Å². The van der Waals surface area contributed by atoms with E-state index in [1.54, 1.807) is 23.5 Å². The number of imidazole rings is 1. The van der Waals surface area contributed by atoms with E-state index in [0.717, 1.165) is 24.1 Å². The number of furan rings is 1. The minimum atomic E-state index is -0.204. The molecule has 0 spiro atoms. The topological polar surface area (TPSA) is 92.4 Å². The van der Waals surface area contributed by atoms with Crippen LogP contribution in [0.2, 0.25) is 0 Å². The molecule has 2 N–H and O–H groups in total. The van der Waals surface area contributed by atoms with E-state index in [2.05, 4.69) is 15.6 Å². The Morgan fingerprint density at radius 2 is 2.00 bits per heavy atom. The Labute approximate surface area is 168 Å². The molecule has 3 aromatic rings. The number of likely N-dealkylation sites (tertiary alicyclic amines) is 1. The largest absolute Gasteiger partial charge is 0.472 e. The number of hydrogen-bond donors (Lipinski definition) is 2. The smallest absolute Gasteiger partial charge is 0.315 e. The number of nitrogens with one attached hydrogen (secondary N) is 2. The zero-order valence-corrected chi connectivity index (χ0v) is 16.0. The summed E-state index contributed by atoms with van der Waals surface area (Å²) in [6.07, 6.45) is 9.74. The van der Waals surface area contributed by atoms with Crippen LogP contribution >= 0.6 is 0 Å². The lowest BCUT2D eigenvalue weighted by Crippen LogP contribution is -2.49. The lowest BCUT2D eigenvalue weighted by molar-refractivity contribution is 0.0707. The number of amides is 3. The summed E-state index contributed by atoms with van der Waals surface area (Å²) in [6.45, 7) is 1.63. The second-order valence-corrected chi connectivity index (χ2v) is 7.00. The van der Waals surface area contributed by atoms with Crippen molar-refractivity contribution in [3.8, 4) is 5.69 Å². The fourth-order valence-corrected chi connectivity index (χ4v) is 3.52. The third kappa shape index (κ3) is 4.48. The van der Waals surface area contributed by atoms with E-state index >= 15 is 0 Å². The van der Waals surface area contributed by atoms with E-state index < -0.39 is 0 Å². The Morgan fingerprint density at radius 1 is 1.17 bits per heavy atom. The number of carbonyl (C=O) groups excluding carboxylic acids is 2. The van der Waals surface area contributed by atoms with Gasteiger partial charge in [0.25, 0.3) is 5.91 Å². The normalized spacial score (nSPS) is 14.6. The third-order valence-electron chi connectivity index (χ3n) is 5.10. The number of carbonyl (C=O) groups is 2. The summed E-state index contributed by atoms with van der Waals surface area (Å²) < 4.78 is 6.90. The van der Waals surface area contributed by atoms with Crippen LogP contribution in [0.5, 0.6) is 0 Å². The highest BCUT2D eigenvalue weighted by atomic mass is 16.3. The molecule has 0 atom stereocenters. The van der Waals surface area contributed by atoms with Gasteiger partial charge in [0.1, 0.15) is 6.26 Å². The lowest BCUT2D eigenvalue weighted by atomic mass is 10.0. The Balaban J connectivity index is 1.26. The molecule has 150 valence electrons. The predicted octanol–water partition coefficient (Wildman–Crippen LogP) is 2.57. The molecule has 1 saturated heterocycles. The molecule has 3 amide bonds. The van der Waals surface area contributed by atoms with Crippen molar-refractivity contribution in [2.45, 2.75) is 25.4 Å². The van der Waals surface area contributed by atoms with Crippen LogP contribution in [-0.2, 0) is 6.54 Å². The van der Waals surface area contributed by atoms with Crippen LogP contribution in [0.1, 0.15) is 28.8 Å². The van der Waals surface area contributed by atoms with Gasteiger partial charge in [0.15, 0.2) is 0 Å². The van der Waals surface area contributed by atoms with Gasteiger partial charge in [0.05, 0.1) is 23.8 Å². The summed E-state index contributed by atoms with van der Waals surface area (Å²) in [5.74, 6) is -0.0299. The first-order valence-electron chi connectivity index (χ1n) is 9.63. The Morgan fingerprint density at radius 3 is 2.72 bits per heavy atom. The molecule has 1 fully saturated rings. The van der Waals surface area contributed by atoms with Gasteiger partial charge >= 0.3 is 6.03 Å². The van der Waals surface area contributed by atoms with Gasteiger partial charge in [-0.25, -0.2) is 9.78 Å². The average Bonchev–Trinajstić information content (AvgIpc) is 3.47. The highest BCUT2D eigenvalue weighted by molar-refractivity contribution is 5.93. The molecule has 3 heterocycles. The van der Waals surface area contributed by atoms with Gasteiger partial charge in [-0.2, -0.15) is 0 Å². The first kappa shape index (κ1) is 18.8. The lowest BCUT2D eigenvalue weighted by Gasteiger charge is -2.32. The molecule has 8 nitrogen and oxygen atoms in total. The van der Waals surface area contributed by atoms with Crippen molar-refractivity contribution in [2.24, 2.45) is 0 Å². The summed E-state index contributed by atoms with van der Waals surface area (Å²) in [6, 6.07) is 9.39. The van der Waals surface area contributed by atoms with Gasteiger partial charge in [-0.1, -0.05) is 18.2 Å². The molecule has 1 aliphatic heterocycles. The molecular formula is C21H23N5O3. The molecule has 1 aromatic carbocycles. The van der Waals surface area contributed by atoms with Gasteiger partial charge in [0, 0.05) is 38.1 Å². The maximum Gasteiger partial charge on any atom is 0.315 e. The second kappa shape index (κ2) is 8.64. The van der Waals surface area contributed by atoms with Crippen molar-refractivity contribution in [1.29, 1.82) is 0 Å². The average molecular weight is 393 g/mol. The SMILES string of the molecule is O=C(NCc1ccccc1-n1ccnc1)NC1CCN(C(=O)c2ccoc2)CC1. The van der Waals surface area contributed by atoms with E-state index in [1.165, 1.54) is 12.5 Å². The number of urea groups is 1. The summed E-state index contributed by atoms with van der Waals surface area (Å²) in [5, 5.41) is 5.94. The van der Waals surface area contributed by atoms with E-state index in [1.807, 2.05) is 35.0 Å². The van der Waals surface area contributed by atoms with Crippen LogP contribution in [0, 0.1) is 0 Å². The molecule has 29 heavy (non-hydrogen) atoms. The number of aromatic nitrogens is 2. The molecule has 0 radical (unpaired) electrons. The Bertz CT molecular complexity index is 945. The number of para-hydroxylation sites is 1. The Kier molecular flexibility index (Phi) is 5.60. The molecule has 0 unspecified atom stereocenters. The van der Waals surface area contributed by atoms with Crippen molar-refractivity contribution in [2.75, 3.05) is 13.1 Å². The van der Waals surface area contributed by atoms with Crippen molar-refractivity contribution in [3.63, 3.8) is 0 Å². The maximum atomic E-state index is 12.4. The van der Waals surface area contributed by atoms with Crippen LogP contribution in [0.15, 0.2) is 66.0 Å². The van der Waals surface area contributed by atoms with Crippen LogP contribution in [0.4, 0.5) is 4.79 Å². The molecule has 2 aromatic heterocycles. The first-order chi connectivity index (χ1) is 14.2. The minimum Gasteiger partial charge on any atom is -0.472 e. The molecular weight excluding hydrogens is 370 g/mol. The maximum absolute atomic E-state index is 12.4. The van der Waals surface area contributed by atoms with Gasteiger partial charge in [-0.15, -0.1) is 0 Å². The third-order valence-corrected chi connectivity index (χ3v) is 5.10. The van der Waals surface area contributed by atoms with Crippen molar-refractivity contribution >= 4 is 11.9 Å². The standard InChI is InChI=1S/C21H23N5O3/c27-20(17-7-12-29-14-17)25-9-5-18(6-10-25)24-21(28)23-13-16-3-1-2-4-19(16)26-11-8-22-15-26/h1-4,7-8,11-12,14-15,18H,5-6,9-10,13H2,(H2,23,24,28). The highest BCUT2D eigenvalue weighted by Crippen LogP contribution is 2.15. The molecule has 0 saturated carbocycles. The zero-order valence-electron chi connectivity index (χ0n) is 16.0. The molecule has 0 bridgehead atoms. The molecule has 1 aliphatic rings. The van der Waals surface area contributed by atoms with Crippen LogP contribution in [0.3, 0.4) is 0 Å². The first-order valence-corrected chi connectivity index (χ1v) is 9.63. The quantitative estimate of drug-likeness (QED) is 0.697. The summed E-state index contributed by atoms with van der Waals surface area (Å²) >= 11 is 0. The summed E-state index contributed by atoms with van der Waals surface area (Å²) in [4.78, 5) is 30.6. The molecule has 8 heteroatoms. The fraction of sp³-hybridized carbons (Fsp3) is 0.286. The van der Waals surface area contributed by atoms with E-state index in [9.17, 15) is 9.59 Å².